The lowest BCUT2D eigenvalue weighted by Gasteiger charge is -2.28. The maximum Gasteiger partial charge on any atom is 0.135 e. The molecule has 13 rings (SSSR count). The zero-order chi connectivity index (χ0) is 46.4. The summed E-state index contributed by atoms with van der Waals surface area (Å²) < 4.78 is 6.34. The molecule has 12 aromatic carbocycles. The summed E-state index contributed by atoms with van der Waals surface area (Å²) >= 11 is 0. The van der Waals surface area contributed by atoms with Gasteiger partial charge in [0.2, 0.25) is 0 Å². The van der Waals surface area contributed by atoms with Crippen LogP contribution in [0.5, 0.6) is 0 Å². The van der Waals surface area contributed by atoms with Crippen LogP contribution >= 0.6 is 0 Å². The third-order valence-electron chi connectivity index (χ3n) is 13.9. The van der Waals surface area contributed by atoms with Crippen molar-refractivity contribution in [3.63, 3.8) is 0 Å². The number of para-hydroxylation sites is 1. The second-order valence-corrected chi connectivity index (χ2v) is 18.0. The van der Waals surface area contributed by atoms with Crippen molar-refractivity contribution in [1.82, 2.24) is 0 Å². The third-order valence-corrected chi connectivity index (χ3v) is 13.9. The lowest BCUT2D eigenvalue weighted by molar-refractivity contribution is 0.631. The molecule has 2 heteroatoms. The van der Waals surface area contributed by atoms with Gasteiger partial charge in [-0.05, 0) is 137 Å². The molecule has 0 spiro atoms. The predicted octanol–water partition coefficient (Wildman–Crippen LogP) is 19.4. The molecule has 0 aliphatic heterocycles. The molecule has 0 fully saturated rings. The first-order valence-electron chi connectivity index (χ1n) is 24.0. The van der Waals surface area contributed by atoms with Crippen molar-refractivity contribution in [3.05, 3.63) is 273 Å². The zero-order valence-electron chi connectivity index (χ0n) is 38.3. The molecule has 0 aliphatic carbocycles. The van der Waals surface area contributed by atoms with Crippen LogP contribution in [0.15, 0.2) is 277 Å². The molecule has 0 saturated heterocycles. The monoisotopic (exact) mass is 891 g/mol. The summed E-state index contributed by atoms with van der Waals surface area (Å²) in [7, 11) is 0. The van der Waals surface area contributed by atoms with Gasteiger partial charge in [0.05, 0.1) is 5.69 Å². The topological polar surface area (TPSA) is 16.4 Å². The van der Waals surface area contributed by atoms with E-state index in [4.69, 9.17) is 4.42 Å². The lowest BCUT2D eigenvalue weighted by atomic mass is 9.89. The highest BCUT2D eigenvalue weighted by Gasteiger charge is 2.20. The van der Waals surface area contributed by atoms with E-state index < -0.39 is 0 Å². The highest BCUT2D eigenvalue weighted by Crippen LogP contribution is 2.45. The Labute approximate surface area is 407 Å². The quantitative estimate of drug-likeness (QED) is 0.134. The van der Waals surface area contributed by atoms with E-state index in [2.05, 4.69) is 266 Å². The molecular formula is C68H45NO. The van der Waals surface area contributed by atoms with E-state index in [1.165, 1.54) is 71.4 Å². The largest absolute Gasteiger partial charge is 0.456 e. The molecule has 0 radical (unpaired) electrons. The fourth-order valence-corrected chi connectivity index (χ4v) is 10.6. The summed E-state index contributed by atoms with van der Waals surface area (Å²) in [6.07, 6.45) is 0. The fourth-order valence-electron chi connectivity index (χ4n) is 10.6. The highest BCUT2D eigenvalue weighted by molar-refractivity contribution is 6.14. The summed E-state index contributed by atoms with van der Waals surface area (Å²) in [5.74, 6) is 0.863. The molecule has 1 heterocycles. The summed E-state index contributed by atoms with van der Waals surface area (Å²) in [5, 5.41) is 8.45. The number of rotatable bonds is 9. The van der Waals surface area contributed by atoms with E-state index in [0.717, 1.165) is 55.9 Å². The molecule has 13 aromatic rings. The van der Waals surface area contributed by atoms with Crippen LogP contribution < -0.4 is 4.90 Å². The summed E-state index contributed by atoms with van der Waals surface area (Å²) in [5.41, 5.74) is 17.1. The van der Waals surface area contributed by atoms with Gasteiger partial charge in [-0.1, -0.05) is 218 Å². The Morgan fingerprint density at radius 3 is 1.40 bits per heavy atom. The van der Waals surface area contributed by atoms with Crippen LogP contribution in [0.2, 0.25) is 0 Å². The van der Waals surface area contributed by atoms with Gasteiger partial charge < -0.3 is 9.32 Å². The Kier molecular flexibility index (Phi) is 10.2. The summed E-state index contributed by atoms with van der Waals surface area (Å²) in [6, 6.07) is 98.7. The first kappa shape index (κ1) is 41.0. The molecule has 70 heavy (non-hydrogen) atoms. The normalized spacial score (nSPS) is 11.4. The maximum atomic E-state index is 6.34. The molecule has 328 valence electrons. The van der Waals surface area contributed by atoms with Gasteiger partial charge in [0.15, 0.2) is 0 Å². The van der Waals surface area contributed by atoms with Crippen molar-refractivity contribution >= 4 is 60.3 Å². The molecule has 0 bridgehead atoms. The van der Waals surface area contributed by atoms with Gasteiger partial charge in [0.1, 0.15) is 11.3 Å². The second kappa shape index (κ2) is 17.4. The molecule has 1 aromatic heterocycles. The Balaban J connectivity index is 0.941. The van der Waals surface area contributed by atoms with E-state index in [0.29, 0.717) is 0 Å². The van der Waals surface area contributed by atoms with Gasteiger partial charge in [-0.2, -0.15) is 0 Å². The highest BCUT2D eigenvalue weighted by atomic mass is 16.3. The van der Waals surface area contributed by atoms with Crippen molar-refractivity contribution < 1.29 is 4.42 Å². The Morgan fingerprint density at radius 2 is 0.729 bits per heavy atom. The Hall–Kier alpha value is -9.24. The molecule has 0 unspecified atom stereocenters. The zero-order valence-corrected chi connectivity index (χ0v) is 38.3. The summed E-state index contributed by atoms with van der Waals surface area (Å²) in [4.78, 5) is 2.42. The van der Waals surface area contributed by atoms with Crippen LogP contribution in [0.25, 0.3) is 110 Å². The lowest BCUT2D eigenvalue weighted by Crippen LogP contribution is -2.10. The first-order chi connectivity index (χ1) is 34.7. The van der Waals surface area contributed by atoms with Gasteiger partial charge >= 0.3 is 0 Å². The number of benzene rings is 12. The molecule has 2 nitrogen and oxygen atoms in total. The smallest absolute Gasteiger partial charge is 0.135 e. The number of anilines is 3. The van der Waals surface area contributed by atoms with Crippen molar-refractivity contribution in [2.45, 2.75) is 0 Å². The molecule has 0 N–H and O–H groups in total. The van der Waals surface area contributed by atoms with Crippen molar-refractivity contribution in [1.29, 1.82) is 0 Å². The SMILES string of the molecule is c1ccc(-c2ccccc2-c2ccccc2-c2ccc(N(c3ccc(-c4cc5ccccc5c5ccccc45)cc3)c3ccc(-c4cccc(-c5cc6ccccc6o5)c4)c4ccccc34)cc2)cc1. The van der Waals surface area contributed by atoms with Gasteiger partial charge in [0.25, 0.3) is 0 Å². The van der Waals surface area contributed by atoms with Crippen LogP contribution in [0.3, 0.4) is 0 Å². The van der Waals surface area contributed by atoms with Crippen molar-refractivity contribution in [2.24, 2.45) is 0 Å². The standard InChI is InChI=1S/C68H45NO/c1-2-17-46(18-3-1)55-23-7-9-26-59(55)60-27-10-8-24-56(60)47-33-37-53(38-34-47)69(54-39-35-48(36-40-54)65-44-50-19-4-6-25-57(50)61-28-11-12-30-63(61)65)66-42-41-58(62-29-13-14-31-64(62)66)49-21-16-22-51(43-49)68-45-52-20-5-15-32-67(52)70-68/h1-45H. The molecule has 0 aliphatic rings. The minimum atomic E-state index is 0.863. The van der Waals surface area contributed by atoms with Gasteiger partial charge in [-0.3, -0.25) is 0 Å². The van der Waals surface area contributed by atoms with E-state index in [1.54, 1.807) is 0 Å². The average molecular weight is 892 g/mol. The van der Waals surface area contributed by atoms with Crippen molar-refractivity contribution in [3.8, 4) is 67.0 Å². The first-order valence-corrected chi connectivity index (χ1v) is 24.0. The van der Waals surface area contributed by atoms with E-state index in [-0.39, 0.29) is 0 Å². The Morgan fingerprint density at radius 1 is 0.243 bits per heavy atom. The van der Waals surface area contributed by atoms with E-state index in [1.807, 2.05) is 12.1 Å². The van der Waals surface area contributed by atoms with E-state index >= 15 is 0 Å². The minimum Gasteiger partial charge on any atom is -0.456 e. The van der Waals surface area contributed by atoms with Crippen LogP contribution in [-0.4, -0.2) is 0 Å². The summed E-state index contributed by atoms with van der Waals surface area (Å²) in [6.45, 7) is 0. The van der Waals surface area contributed by atoms with Crippen LogP contribution in [0.1, 0.15) is 0 Å². The Bertz CT molecular complexity index is 4020. The average Bonchev–Trinajstić information content (AvgIpc) is 3.89. The van der Waals surface area contributed by atoms with Crippen LogP contribution in [-0.2, 0) is 0 Å². The van der Waals surface area contributed by atoms with Crippen LogP contribution in [0, 0.1) is 0 Å². The minimum absolute atomic E-state index is 0.863. The number of fused-ring (bicyclic) bond motifs is 5. The fraction of sp³-hybridized carbons (Fsp3) is 0. The van der Waals surface area contributed by atoms with Crippen molar-refractivity contribution in [2.75, 3.05) is 4.90 Å². The second-order valence-electron chi connectivity index (χ2n) is 18.0. The van der Waals surface area contributed by atoms with Gasteiger partial charge in [-0.15, -0.1) is 0 Å². The number of hydrogen-bond donors (Lipinski definition) is 0. The number of nitrogens with zero attached hydrogens (tertiary/aromatic N) is 1. The predicted molar refractivity (Wildman–Crippen MR) is 296 cm³/mol. The van der Waals surface area contributed by atoms with Crippen LogP contribution in [0.4, 0.5) is 17.1 Å². The third kappa shape index (κ3) is 7.31. The number of furan rings is 1. The molecule has 0 amide bonds. The molecule has 0 atom stereocenters. The molecular weight excluding hydrogens is 847 g/mol. The van der Waals surface area contributed by atoms with E-state index in [9.17, 15) is 0 Å². The van der Waals surface area contributed by atoms with Gasteiger partial charge in [-0.25, -0.2) is 0 Å². The van der Waals surface area contributed by atoms with Gasteiger partial charge in [0, 0.05) is 27.7 Å². The molecule has 0 saturated carbocycles. The maximum absolute atomic E-state index is 6.34. The number of hydrogen-bond acceptors (Lipinski definition) is 2.